The molecular formula is C13H15N3O2S. The van der Waals surface area contributed by atoms with Crippen molar-refractivity contribution in [2.75, 3.05) is 0 Å². The Labute approximate surface area is 114 Å². The molecule has 0 bridgehead atoms. The van der Waals surface area contributed by atoms with Crippen molar-refractivity contribution in [2.45, 2.75) is 39.2 Å². The number of aromatic nitrogens is 2. The minimum Gasteiger partial charge on any atom is -0.365 e. The molecule has 2 aromatic rings. The number of amides is 1. The lowest BCUT2D eigenvalue weighted by Gasteiger charge is -2.08. The number of nitrogens with zero attached hydrogens (tertiary/aromatic N) is 2. The highest BCUT2D eigenvalue weighted by atomic mass is 32.1. The fourth-order valence-electron chi connectivity index (χ4n) is 2.64. The van der Waals surface area contributed by atoms with Crippen LogP contribution in [0.3, 0.4) is 0 Å². The number of carbonyl (C=O) groups excluding carboxylic acids is 1. The van der Waals surface area contributed by atoms with Crippen LogP contribution in [0.2, 0.25) is 0 Å². The SMILES string of the molecule is Cc1c(C(N)=O)sc2nc3n(c(=O)c12)CCCCC3. The predicted molar refractivity (Wildman–Crippen MR) is 74.7 cm³/mol. The molecule has 19 heavy (non-hydrogen) atoms. The van der Waals surface area contributed by atoms with Gasteiger partial charge in [-0.3, -0.25) is 14.2 Å². The molecule has 2 N–H and O–H groups in total. The fourth-order valence-corrected chi connectivity index (χ4v) is 3.69. The van der Waals surface area contributed by atoms with Gasteiger partial charge in [-0.25, -0.2) is 4.98 Å². The van der Waals surface area contributed by atoms with Crippen molar-refractivity contribution in [1.29, 1.82) is 0 Å². The Morgan fingerprint density at radius 3 is 2.89 bits per heavy atom. The number of nitrogens with two attached hydrogens (primary N) is 1. The maximum Gasteiger partial charge on any atom is 0.262 e. The molecule has 0 aromatic carbocycles. The molecule has 3 heterocycles. The van der Waals surface area contributed by atoms with E-state index in [4.69, 9.17) is 5.73 Å². The molecule has 0 fully saturated rings. The van der Waals surface area contributed by atoms with Crippen LogP contribution in [0.5, 0.6) is 0 Å². The molecule has 2 aromatic heterocycles. The average molecular weight is 277 g/mol. The zero-order valence-electron chi connectivity index (χ0n) is 10.7. The van der Waals surface area contributed by atoms with Gasteiger partial charge in [-0.15, -0.1) is 11.3 Å². The number of carbonyl (C=O) groups is 1. The van der Waals surface area contributed by atoms with Crippen LogP contribution in [0.4, 0.5) is 0 Å². The van der Waals surface area contributed by atoms with E-state index in [1.54, 1.807) is 11.5 Å². The molecule has 3 rings (SSSR count). The highest BCUT2D eigenvalue weighted by Crippen LogP contribution is 2.27. The number of thiophene rings is 1. The van der Waals surface area contributed by atoms with Gasteiger partial charge in [0.25, 0.3) is 11.5 Å². The van der Waals surface area contributed by atoms with E-state index >= 15 is 0 Å². The lowest BCUT2D eigenvalue weighted by atomic mass is 10.2. The minimum absolute atomic E-state index is 0.0249. The van der Waals surface area contributed by atoms with Crippen LogP contribution in [0, 0.1) is 6.92 Å². The number of hydrogen-bond acceptors (Lipinski definition) is 4. The van der Waals surface area contributed by atoms with Crippen LogP contribution in [-0.2, 0) is 13.0 Å². The second-order valence-electron chi connectivity index (χ2n) is 4.90. The molecular weight excluding hydrogens is 262 g/mol. The van der Waals surface area contributed by atoms with Crippen molar-refractivity contribution in [1.82, 2.24) is 9.55 Å². The monoisotopic (exact) mass is 277 g/mol. The summed E-state index contributed by atoms with van der Waals surface area (Å²) in [6, 6.07) is 0. The quantitative estimate of drug-likeness (QED) is 0.859. The molecule has 1 aliphatic heterocycles. The molecule has 0 saturated heterocycles. The Morgan fingerprint density at radius 2 is 2.16 bits per heavy atom. The van der Waals surface area contributed by atoms with Crippen molar-refractivity contribution in [3.8, 4) is 0 Å². The van der Waals surface area contributed by atoms with Crippen molar-refractivity contribution in [2.24, 2.45) is 5.73 Å². The molecule has 1 amide bonds. The molecule has 0 atom stereocenters. The first kappa shape index (κ1) is 12.3. The standard InChI is InChI=1S/C13H15N3O2S/c1-7-9-12(19-10(7)11(14)17)15-8-5-3-2-4-6-16(8)13(9)18/h2-6H2,1H3,(H2,14,17). The summed E-state index contributed by atoms with van der Waals surface area (Å²) in [6.07, 6.45) is 4.02. The minimum atomic E-state index is -0.486. The van der Waals surface area contributed by atoms with E-state index in [9.17, 15) is 9.59 Å². The van der Waals surface area contributed by atoms with Crippen LogP contribution >= 0.6 is 11.3 Å². The molecule has 0 aliphatic carbocycles. The van der Waals surface area contributed by atoms with E-state index in [2.05, 4.69) is 4.98 Å². The lowest BCUT2D eigenvalue weighted by Crippen LogP contribution is -2.24. The molecule has 0 radical (unpaired) electrons. The number of primary amides is 1. The van der Waals surface area contributed by atoms with Gasteiger partial charge in [-0.2, -0.15) is 0 Å². The summed E-state index contributed by atoms with van der Waals surface area (Å²) in [6.45, 7) is 2.49. The highest BCUT2D eigenvalue weighted by molar-refractivity contribution is 7.20. The van der Waals surface area contributed by atoms with Gasteiger partial charge >= 0.3 is 0 Å². The number of rotatable bonds is 1. The zero-order valence-corrected chi connectivity index (χ0v) is 11.5. The normalized spacial score (nSPS) is 15.2. The molecule has 0 saturated carbocycles. The first-order chi connectivity index (χ1) is 9.09. The summed E-state index contributed by atoms with van der Waals surface area (Å²) in [5.41, 5.74) is 5.99. The second kappa shape index (κ2) is 4.45. The lowest BCUT2D eigenvalue weighted by molar-refractivity contribution is 0.100. The van der Waals surface area contributed by atoms with Gasteiger partial charge < -0.3 is 5.73 Å². The Hall–Kier alpha value is -1.69. The molecule has 0 spiro atoms. The van der Waals surface area contributed by atoms with E-state index in [-0.39, 0.29) is 5.56 Å². The zero-order chi connectivity index (χ0) is 13.6. The van der Waals surface area contributed by atoms with Gasteiger partial charge in [0.05, 0.1) is 10.3 Å². The third kappa shape index (κ3) is 1.87. The molecule has 5 nitrogen and oxygen atoms in total. The summed E-state index contributed by atoms with van der Waals surface area (Å²) in [4.78, 5) is 29.6. The van der Waals surface area contributed by atoms with Gasteiger partial charge in [-0.05, 0) is 25.3 Å². The van der Waals surface area contributed by atoms with Gasteiger partial charge in [0.15, 0.2) is 0 Å². The van der Waals surface area contributed by atoms with Crippen molar-refractivity contribution in [3.05, 3.63) is 26.6 Å². The number of aryl methyl sites for hydroxylation is 2. The molecule has 0 unspecified atom stereocenters. The topological polar surface area (TPSA) is 78.0 Å². The average Bonchev–Trinajstić information content (AvgIpc) is 2.56. The van der Waals surface area contributed by atoms with E-state index in [1.165, 1.54) is 11.3 Å². The fraction of sp³-hybridized carbons (Fsp3) is 0.462. The second-order valence-corrected chi connectivity index (χ2v) is 5.90. The first-order valence-corrected chi connectivity index (χ1v) is 7.24. The van der Waals surface area contributed by atoms with Crippen molar-refractivity contribution < 1.29 is 4.79 Å². The Morgan fingerprint density at radius 1 is 1.37 bits per heavy atom. The van der Waals surface area contributed by atoms with Crippen LogP contribution in [0.25, 0.3) is 10.2 Å². The number of fused-ring (bicyclic) bond motifs is 2. The van der Waals surface area contributed by atoms with Crippen molar-refractivity contribution >= 4 is 27.5 Å². The van der Waals surface area contributed by atoms with Gasteiger partial charge in [0, 0.05) is 13.0 Å². The number of hydrogen-bond donors (Lipinski definition) is 1. The Kier molecular flexibility index (Phi) is 2.89. The predicted octanol–water partition coefficient (Wildman–Crippen LogP) is 1.59. The summed E-state index contributed by atoms with van der Waals surface area (Å²) in [5, 5.41) is 0.560. The third-order valence-electron chi connectivity index (χ3n) is 3.64. The van der Waals surface area contributed by atoms with Crippen LogP contribution in [0.15, 0.2) is 4.79 Å². The van der Waals surface area contributed by atoms with Gasteiger partial charge in [-0.1, -0.05) is 6.42 Å². The van der Waals surface area contributed by atoms with E-state index in [0.717, 1.165) is 38.1 Å². The van der Waals surface area contributed by atoms with Gasteiger partial charge in [0.1, 0.15) is 10.7 Å². The Balaban J connectivity index is 2.35. The highest BCUT2D eigenvalue weighted by Gasteiger charge is 2.20. The van der Waals surface area contributed by atoms with E-state index in [0.29, 0.717) is 20.7 Å². The van der Waals surface area contributed by atoms with Crippen LogP contribution in [0.1, 0.15) is 40.3 Å². The maximum absolute atomic E-state index is 12.6. The van der Waals surface area contributed by atoms with Gasteiger partial charge in [0.2, 0.25) is 0 Å². The third-order valence-corrected chi connectivity index (χ3v) is 4.84. The molecule has 6 heteroatoms. The van der Waals surface area contributed by atoms with E-state index in [1.807, 2.05) is 0 Å². The van der Waals surface area contributed by atoms with E-state index < -0.39 is 5.91 Å². The first-order valence-electron chi connectivity index (χ1n) is 6.42. The van der Waals surface area contributed by atoms with Crippen LogP contribution in [-0.4, -0.2) is 15.5 Å². The van der Waals surface area contributed by atoms with Crippen LogP contribution < -0.4 is 11.3 Å². The van der Waals surface area contributed by atoms with Crippen molar-refractivity contribution in [3.63, 3.8) is 0 Å². The smallest absolute Gasteiger partial charge is 0.262 e. The molecule has 100 valence electrons. The molecule has 1 aliphatic rings. The summed E-state index contributed by atoms with van der Waals surface area (Å²) in [5.74, 6) is 0.354. The Bertz CT molecular complexity index is 730. The summed E-state index contributed by atoms with van der Waals surface area (Å²) in [7, 11) is 0. The summed E-state index contributed by atoms with van der Waals surface area (Å²) < 4.78 is 1.76. The summed E-state index contributed by atoms with van der Waals surface area (Å²) >= 11 is 1.23. The largest absolute Gasteiger partial charge is 0.365 e. The maximum atomic E-state index is 12.6.